The molecule has 0 heterocycles. The zero-order chi connectivity index (χ0) is 19.5. The Morgan fingerprint density at radius 3 is 2.26 bits per heavy atom. The van der Waals surface area contributed by atoms with E-state index in [1.165, 1.54) is 0 Å². The maximum absolute atomic E-state index is 12.2. The molecule has 0 aliphatic rings. The van der Waals surface area contributed by atoms with Gasteiger partial charge >= 0.3 is 11.9 Å². The third-order valence-electron chi connectivity index (χ3n) is 3.80. The van der Waals surface area contributed by atoms with Crippen molar-refractivity contribution in [1.82, 2.24) is 0 Å². The van der Waals surface area contributed by atoms with Crippen molar-refractivity contribution in [2.75, 3.05) is 6.61 Å². The zero-order valence-corrected chi connectivity index (χ0v) is 15.4. The number of carboxylic acid groups (broad SMARTS) is 1. The largest absolute Gasteiger partial charge is 0.494 e. The predicted octanol–water partition coefficient (Wildman–Crippen LogP) is 4.96. The van der Waals surface area contributed by atoms with Gasteiger partial charge in [0.1, 0.15) is 11.5 Å². The quantitative estimate of drug-likeness (QED) is 0.364. The molecule has 2 aromatic rings. The van der Waals surface area contributed by atoms with Crippen LogP contribution in [0.1, 0.15) is 48.5 Å². The van der Waals surface area contributed by atoms with Gasteiger partial charge in [0.25, 0.3) is 0 Å². The Kier molecular flexibility index (Phi) is 8.10. The fourth-order valence-electron chi connectivity index (χ4n) is 2.34. The molecule has 27 heavy (non-hydrogen) atoms. The van der Waals surface area contributed by atoms with Crippen molar-refractivity contribution in [3.05, 3.63) is 65.7 Å². The summed E-state index contributed by atoms with van der Waals surface area (Å²) in [6.45, 7) is 2.81. The number of benzene rings is 2. The van der Waals surface area contributed by atoms with Crippen LogP contribution in [0, 0.1) is 0 Å². The molecule has 0 aliphatic heterocycles. The first-order chi connectivity index (χ1) is 13.1. The first-order valence-electron chi connectivity index (χ1n) is 9.02. The van der Waals surface area contributed by atoms with Gasteiger partial charge in [-0.25, -0.2) is 4.79 Å². The third-order valence-corrected chi connectivity index (χ3v) is 3.80. The standard InChI is InChI=1S/C22H24O5/c1-2-3-4-16-26-19-14-10-18(11-15-19)22(25)27-20-12-8-17(9-13-20)6-5-7-21(23)24/h5-6,8-15H,2-4,7,16H2,1H3,(H,23,24)/b6-5+. The van der Waals surface area contributed by atoms with E-state index in [2.05, 4.69) is 6.92 Å². The lowest BCUT2D eigenvalue weighted by atomic mass is 10.2. The van der Waals surface area contributed by atoms with Gasteiger partial charge in [0.2, 0.25) is 0 Å². The summed E-state index contributed by atoms with van der Waals surface area (Å²) < 4.78 is 11.0. The van der Waals surface area contributed by atoms with Gasteiger partial charge in [-0.1, -0.05) is 44.1 Å². The van der Waals surface area contributed by atoms with Gasteiger partial charge in [-0.15, -0.1) is 0 Å². The van der Waals surface area contributed by atoms with E-state index in [1.807, 2.05) is 0 Å². The van der Waals surface area contributed by atoms with Crippen molar-refractivity contribution in [2.45, 2.75) is 32.6 Å². The number of hydrogen-bond donors (Lipinski definition) is 1. The normalized spacial score (nSPS) is 10.7. The van der Waals surface area contributed by atoms with Crippen molar-refractivity contribution in [3.8, 4) is 11.5 Å². The molecule has 0 saturated carbocycles. The highest BCUT2D eigenvalue weighted by Crippen LogP contribution is 2.17. The Morgan fingerprint density at radius 2 is 1.63 bits per heavy atom. The van der Waals surface area contributed by atoms with Gasteiger partial charge in [-0.2, -0.15) is 0 Å². The molecule has 0 fully saturated rings. The van der Waals surface area contributed by atoms with E-state index >= 15 is 0 Å². The van der Waals surface area contributed by atoms with Crippen LogP contribution >= 0.6 is 0 Å². The molecule has 0 bridgehead atoms. The molecule has 2 rings (SSSR count). The first kappa shape index (κ1) is 20.2. The highest BCUT2D eigenvalue weighted by molar-refractivity contribution is 5.91. The Morgan fingerprint density at radius 1 is 0.963 bits per heavy atom. The van der Waals surface area contributed by atoms with Crippen LogP contribution in [-0.2, 0) is 4.79 Å². The van der Waals surface area contributed by atoms with Gasteiger partial charge in [-0.3, -0.25) is 4.79 Å². The molecule has 5 heteroatoms. The van der Waals surface area contributed by atoms with Crippen LogP contribution < -0.4 is 9.47 Å². The third kappa shape index (κ3) is 7.36. The SMILES string of the molecule is CCCCCOc1ccc(C(=O)Oc2ccc(/C=C/CC(=O)O)cc2)cc1. The first-order valence-corrected chi connectivity index (χ1v) is 9.02. The monoisotopic (exact) mass is 368 g/mol. The van der Waals surface area contributed by atoms with Crippen LogP contribution in [0.5, 0.6) is 11.5 Å². The molecule has 1 N–H and O–H groups in total. The fraction of sp³-hybridized carbons (Fsp3) is 0.273. The molecule has 0 aliphatic carbocycles. The number of carboxylic acids is 1. The Hall–Kier alpha value is -3.08. The molecular formula is C22H24O5. The molecule has 0 amide bonds. The molecule has 0 atom stereocenters. The summed E-state index contributed by atoms with van der Waals surface area (Å²) in [5.41, 5.74) is 1.28. The van der Waals surface area contributed by atoms with Gasteiger partial charge in [-0.05, 0) is 48.4 Å². The summed E-state index contributed by atoms with van der Waals surface area (Å²) in [6.07, 6.45) is 6.54. The lowest BCUT2D eigenvalue weighted by Gasteiger charge is -2.07. The maximum Gasteiger partial charge on any atom is 0.343 e. The van der Waals surface area contributed by atoms with E-state index in [9.17, 15) is 9.59 Å². The molecule has 142 valence electrons. The van der Waals surface area contributed by atoms with Gasteiger partial charge in [0.05, 0.1) is 18.6 Å². The second-order valence-electron chi connectivity index (χ2n) is 6.04. The lowest BCUT2D eigenvalue weighted by molar-refractivity contribution is -0.135. The van der Waals surface area contributed by atoms with E-state index in [1.54, 1.807) is 60.7 Å². The van der Waals surface area contributed by atoms with Crippen molar-refractivity contribution in [1.29, 1.82) is 0 Å². The molecule has 0 spiro atoms. The summed E-state index contributed by atoms with van der Waals surface area (Å²) >= 11 is 0. The van der Waals surface area contributed by atoms with Crippen LogP contribution in [-0.4, -0.2) is 23.7 Å². The van der Waals surface area contributed by atoms with E-state index < -0.39 is 11.9 Å². The molecular weight excluding hydrogens is 344 g/mol. The minimum absolute atomic E-state index is 0.0327. The van der Waals surface area contributed by atoms with Gasteiger partial charge < -0.3 is 14.6 Å². The number of carbonyl (C=O) groups is 2. The Bertz CT molecular complexity index is 760. The van der Waals surface area contributed by atoms with Crippen molar-refractivity contribution < 1.29 is 24.2 Å². The number of esters is 1. The summed E-state index contributed by atoms with van der Waals surface area (Å²) in [5, 5.41) is 8.61. The summed E-state index contributed by atoms with van der Waals surface area (Å²) in [6, 6.07) is 13.7. The highest BCUT2D eigenvalue weighted by Gasteiger charge is 2.08. The zero-order valence-electron chi connectivity index (χ0n) is 15.4. The van der Waals surface area contributed by atoms with Gasteiger partial charge in [0, 0.05) is 0 Å². The van der Waals surface area contributed by atoms with Crippen LogP contribution in [0.3, 0.4) is 0 Å². The minimum atomic E-state index is -0.880. The molecule has 0 aromatic heterocycles. The van der Waals surface area contributed by atoms with Crippen molar-refractivity contribution >= 4 is 18.0 Å². The van der Waals surface area contributed by atoms with E-state index in [4.69, 9.17) is 14.6 Å². The topological polar surface area (TPSA) is 72.8 Å². The summed E-state index contributed by atoms with van der Waals surface area (Å²) in [5.74, 6) is -0.161. The number of carbonyl (C=O) groups excluding carboxylic acids is 1. The van der Waals surface area contributed by atoms with Crippen LogP contribution in [0.15, 0.2) is 54.6 Å². The second kappa shape index (κ2) is 10.8. The lowest BCUT2D eigenvalue weighted by Crippen LogP contribution is -2.08. The summed E-state index contributed by atoms with van der Waals surface area (Å²) in [7, 11) is 0. The molecule has 2 aromatic carbocycles. The molecule has 0 saturated heterocycles. The average molecular weight is 368 g/mol. The van der Waals surface area contributed by atoms with Gasteiger partial charge in [0.15, 0.2) is 0 Å². The maximum atomic E-state index is 12.2. The smallest absolute Gasteiger partial charge is 0.343 e. The predicted molar refractivity (Wildman–Crippen MR) is 104 cm³/mol. The molecule has 0 unspecified atom stereocenters. The summed E-state index contributed by atoms with van der Waals surface area (Å²) in [4.78, 5) is 22.7. The fourth-order valence-corrected chi connectivity index (χ4v) is 2.34. The van der Waals surface area contributed by atoms with Crippen molar-refractivity contribution in [2.24, 2.45) is 0 Å². The number of rotatable bonds is 10. The number of hydrogen-bond acceptors (Lipinski definition) is 4. The van der Waals surface area contributed by atoms with Crippen LogP contribution in [0.4, 0.5) is 0 Å². The number of aliphatic carboxylic acids is 1. The van der Waals surface area contributed by atoms with Crippen LogP contribution in [0.25, 0.3) is 6.08 Å². The Balaban J connectivity index is 1.87. The average Bonchev–Trinajstić information content (AvgIpc) is 2.67. The second-order valence-corrected chi connectivity index (χ2v) is 6.04. The van der Waals surface area contributed by atoms with Crippen molar-refractivity contribution in [3.63, 3.8) is 0 Å². The molecule has 0 radical (unpaired) electrons. The van der Waals surface area contributed by atoms with E-state index in [-0.39, 0.29) is 6.42 Å². The van der Waals surface area contributed by atoms with E-state index in [0.29, 0.717) is 17.9 Å². The number of ether oxygens (including phenoxy) is 2. The van der Waals surface area contributed by atoms with E-state index in [0.717, 1.165) is 30.6 Å². The highest BCUT2D eigenvalue weighted by atomic mass is 16.5. The van der Waals surface area contributed by atoms with Crippen LogP contribution in [0.2, 0.25) is 0 Å². The minimum Gasteiger partial charge on any atom is -0.494 e. The Labute approximate surface area is 159 Å². The molecule has 5 nitrogen and oxygen atoms in total. The number of unbranched alkanes of at least 4 members (excludes halogenated alkanes) is 2.